The van der Waals surface area contributed by atoms with E-state index in [1.165, 1.54) is 5.56 Å². The fourth-order valence-corrected chi connectivity index (χ4v) is 4.32. The first-order valence-electron chi connectivity index (χ1n) is 9.69. The first-order valence-corrected chi connectivity index (χ1v) is 10.6. The number of nitrogens with one attached hydrogen (secondary N) is 1. The molecule has 0 fully saturated rings. The van der Waals surface area contributed by atoms with Crippen LogP contribution in [0.25, 0.3) is 11.5 Å². The van der Waals surface area contributed by atoms with Gasteiger partial charge in [0, 0.05) is 24.4 Å². The molecule has 2 aromatic heterocycles. The summed E-state index contributed by atoms with van der Waals surface area (Å²) in [4.78, 5) is 17.2. The third kappa shape index (κ3) is 3.99. The molecule has 146 valence electrons. The summed E-state index contributed by atoms with van der Waals surface area (Å²) in [5.74, 6) is 1.90. The molecule has 1 aliphatic heterocycles. The lowest BCUT2D eigenvalue weighted by atomic mass is 10.0. The highest BCUT2D eigenvalue weighted by Crippen LogP contribution is 2.24. The number of rotatable bonds is 4. The normalized spacial score (nSPS) is 16.5. The molecule has 0 spiro atoms. The van der Waals surface area contributed by atoms with Crippen molar-refractivity contribution in [3.05, 3.63) is 51.1 Å². The van der Waals surface area contributed by atoms with Crippen LogP contribution in [0, 0.1) is 20.8 Å². The Labute approximate surface area is 169 Å². The van der Waals surface area contributed by atoms with Crippen molar-refractivity contribution in [1.29, 1.82) is 0 Å². The maximum atomic E-state index is 12.6. The molecule has 4 rings (SSSR count). The van der Waals surface area contributed by atoms with Gasteiger partial charge < -0.3 is 9.88 Å². The Kier molecular flexibility index (Phi) is 5.26. The van der Waals surface area contributed by atoms with Gasteiger partial charge in [0.25, 0.3) is 0 Å². The van der Waals surface area contributed by atoms with E-state index in [0.717, 1.165) is 59.3 Å². The van der Waals surface area contributed by atoms with Crippen molar-refractivity contribution in [2.75, 3.05) is 0 Å². The maximum absolute atomic E-state index is 12.6. The molecule has 0 radical (unpaired) electrons. The van der Waals surface area contributed by atoms with Crippen LogP contribution in [0.2, 0.25) is 0 Å². The molecule has 1 unspecified atom stereocenters. The lowest BCUT2D eigenvalue weighted by Crippen LogP contribution is -2.36. The maximum Gasteiger partial charge on any atom is 0.224 e. The summed E-state index contributed by atoms with van der Waals surface area (Å²) in [5, 5.41) is 15.0. The van der Waals surface area contributed by atoms with E-state index < -0.39 is 0 Å². The minimum atomic E-state index is 0.0896. The van der Waals surface area contributed by atoms with Gasteiger partial charge in [-0.2, -0.15) is 0 Å². The van der Waals surface area contributed by atoms with Crippen LogP contribution >= 0.6 is 11.3 Å². The van der Waals surface area contributed by atoms with Gasteiger partial charge in [0.15, 0.2) is 5.82 Å². The number of nitrogens with zero attached hydrogens (tertiary/aromatic N) is 4. The second-order valence-electron chi connectivity index (χ2n) is 7.54. The van der Waals surface area contributed by atoms with E-state index in [2.05, 4.69) is 57.1 Å². The quantitative estimate of drug-likeness (QED) is 0.735. The molecule has 1 aromatic carbocycles. The highest BCUT2D eigenvalue weighted by Gasteiger charge is 2.23. The Bertz CT molecular complexity index is 1010. The Morgan fingerprint density at radius 3 is 2.89 bits per heavy atom. The van der Waals surface area contributed by atoms with E-state index >= 15 is 0 Å². The van der Waals surface area contributed by atoms with E-state index in [1.807, 2.05) is 12.3 Å². The van der Waals surface area contributed by atoms with Crippen molar-refractivity contribution in [2.24, 2.45) is 0 Å². The molecule has 0 saturated heterocycles. The van der Waals surface area contributed by atoms with Gasteiger partial charge in [0.1, 0.15) is 11.5 Å². The number of carbonyl (C=O) groups excluding carboxylic acids is 1. The molecule has 1 amide bonds. The zero-order valence-electron chi connectivity index (χ0n) is 16.5. The van der Waals surface area contributed by atoms with Crippen molar-refractivity contribution in [2.45, 2.75) is 59.0 Å². The molecule has 1 N–H and O–H groups in total. The van der Waals surface area contributed by atoms with Crippen LogP contribution in [-0.2, 0) is 24.2 Å². The second-order valence-corrected chi connectivity index (χ2v) is 8.60. The summed E-state index contributed by atoms with van der Waals surface area (Å²) in [7, 11) is 0. The zero-order valence-corrected chi connectivity index (χ0v) is 17.3. The molecule has 0 aliphatic carbocycles. The molecule has 3 heterocycles. The molecule has 28 heavy (non-hydrogen) atoms. The number of hydrogen-bond acceptors (Lipinski definition) is 5. The van der Waals surface area contributed by atoms with Crippen LogP contribution in [0.1, 0.15) is 40.4 Å². The molecule has 0 bridgehead atoms. The summed E-state index contributed by atoms with van der Waals surface area (Å²) in [6.45, 7) is 6.91. The number of thiazole rings is 1. The molecule has 3 aromatic rings. The summed E-state index contributed by atoms with van der Waals surface area (Å²) in [6, 6.07) is 6.42. The smallest absolute Gasteiger partial charge is 0.224 e. The topological polar surface area (TPSA) is 72.7 Å². The van der Waals surface area contributed by atoms with Crippen molar-refractivity contribution in [3.8, 4) is 11.5 Å². The van der Waals surface area contributed by atoms with Gasteiger partial charge in [-0.3, -0.25) is 4.79 Å². The molecule has 7 heteroatoms. The largest absolute Gasteiger partial charge is 0.353 e. The monoisotopic (exact) mass is 395 g/mol. The van der Waals surface area contributed by atoms with E-state index in [0.29, 0.717) is 6.42 Å². The van der Waals surface area contributed by atoms with Crippen molar-refractivity contribution >= 4 is 17.2 Å². The minimum absolute atomic E-state index is 0.0896. The number of aromatic nitrogens is 4. The minimum Gasteiger partial charge on any atom is -0.353 e. The molecular weight excluding hydrogens is 370 g/mol. The van der Waals surface area contributed by atoms with Gasteiger partial charge in [-0.1, -0.05) is 23.8 Å². The van der Waals surface area contributed by atoms with Gasteiger partial charge in [-0.15, -0.1) is 21.5 Å². The van der Waals surface area contributed by atoms with Crippen molar-refractivity contribution < 1.29 is 4.79 Å². The second kappa shape index (κ2) is 7.83. The van der Waals surface area contributed by atoms with Gasteiger partial charge in [0.2, 0.25) is 5.91 Å². The van der Waals surface area contributed by atoms with Crippen molar-refractivity contribution in [1.82, 2.24) is 25.1 Å². The average Bonchev–Trinajstić information content (AvgIpc) is 3.21. The Morgan fingerprint density at radius 1 is 1.25 bits per heavy atom. The molecular formula is C21H25N5OS. The summed E-state index contributed by atoms with van der Waals surface area (Å²) < 4.78 is 2.16. The fourth-order valence-electron chi connectivity index (χ4n) is 3.73. The van der Waals surface area contributed by atoms with Crippen LogP contribution in [0.3, 0.4) is 0 Å². The van der Waals surface area contributed by atoms with Gasteiger partial charge in [0.05, 0.1) is 11.4 Å². The molecule has 1 atom stereocenters. The number of carbonyl (C=O) groups is 1. The lowest BCUT2D eigenvalue weighted by Gasteiger charge is -2.17. The van der Waals surface area contributed by atoms with E-state index in [1.54, 1.807) is 11.3 Å². The summed E-state index contributed by atoms with van der Waals surface area (Å²) in [6.07, 6.45) is 3.00. The summed E-state index contributed by atoms with van der Waals surface area (Å²) >= 11 is 1.62. The molecule has 0 saturated carbocycles. The number of benzene rings is 1. The molecule has 1 aliphatic rings. The Hall–Kier alpha value is -2.54. The lowest BCUT2D eigenvalue weighted by molar-refractivity contribution is -0.121. The van der Waals surface area contributed by atoms with Crippen LogP contribution in [0.4, 0.5) is 0 Å². The SMILES string of the molecule is Cc1ccc(C)c(CC(=O)NC2CCc3nnc(-c4csc(C)n4)n3CC2)c1. The first-order chi connectivity index (χ1) is 13.5. The Morgan fingerprint density at radius 2 is 2.11 bits per heavy atom. The van der Waals surface area contributed by atoms with Gasteiger partial charge in [-0.25, -0.2) is 4.98 Å². The first kappa shape index (κ1) is 18.8. The number of hydrogen-bond donors (Lipinski definition) is 1. The van der Waals surface area contributed by atoms with E-state index in [-0.39, 0.29) is 11.9 Å². The number of aryl methyl sites for hydroxylation is 4. The van der Waals surface area contributed by atoms with E-state index in [4.69, 9.17) is 0 Å². The highest BCUT2D eigenvalue weighted by atomic mass is 32.1. The number of amides is 1. The predicted octanol–water partition coefficient (Wildman–Crippen LogP) is 3.39. The van der Waals surface area contributed by atoms with Crippen LogP contribution < -0.4 is 5.32 Å². The average molecular weight is 396 g/mol. The van der Waals surface area contributed by atoms with E-state index in [9.17, 15) is 4.79 Å². The standard InChI is InChI=1S/C21H25N5OS/c1-13-4-5-14(2)16(10-13)11-20(27)23-17-6-7-19-24-25-21(26(19)9-8-17)18-12-28-15(3)22-18/h4-5,10,12,17H,6-9,11H2,1-3H3,(H,23,27). The zero-order chi connectivity index (χ0) is 19.7. The molecule has 6 nitrogen and oxygen atoms in total. The predicted molar refractivity (Wildman–Crippen MR) is 110 cm³/mol. The van der Waals surface area contributed by atoms with Gasteiger partial charge >= 0.3 is 0 Å². The van der Waals surface area contributed by atoms with Gasteiger partial charge in [-0.05, 0) is 44.7 Å². The highest BCUT2D eigenvalue weighted by molar-refractivity contribution is 7.09. The number of fused-ring (bicyclic) bond motifs is 1. The third-order valence-electron chi connectivity index (χ3n) is 5.31. The Balaban J connectivity index is 1.41. The fraction of sp³-hybridized carbons (Fsp3) is 0.429. The summed E-state index contributed by atoms with van der Waals surface area (Å²) in [5.41, 5.74) is 4.34. The van der Waals surface area contributed by atoms with Crippen LogP contribution in [0.5, 0.6) is 0 Å². The van der Waals surface area contributed by atoms with Crippen LogP contribution in [-0.4, -0.2) is 31.7 Å². The van der Waals surface area contributed by atoms with Crippen LogP contribution in [0.15, 0.2) is 23.6 Å². The van der Waals surface area contributed by atoms with Crippen molar-refractivity contribution in [3.63, 3.8) is 0 Å². The third-order valence-corrected chi connectivity index (χ3v) is 6.09.